The summed E-state index contributed by atoms with van der Waals surface area (Å²) >= 11 is 0. The van der Waals surface area contributed by atoms with E-state index in [1.807, 2.05) is 0 Å². The van der Waals surface area contributed by atoms with E-state index in [4.69, 9.17) is 18.9 Å². The molecule has 300 valence electrons. The minimum atomic E-state index is -4.71. The van der Waals surface area contributed by atoms with Gasteiger partial charge in [-0.05, 0) is 32.9 Å². The van der Waals surface area contributed by atoms with Crippen molar-refractivity contribution in [3.63, 3.8) is 0 Å². The summed E-state index contributed by atoms with van der Waals surface area (Å²) in [5, 5.41) is 45.0. The minimum Gasteiger partial charge on any atom is -0.491 e. The van der Waals surface area contributed by atoms with E-state index < -0.39 is 99.6 Å². The predicted octanol–water partition coefficient (Wildman–Crippen LogP) is -2.09. The zero-order chi connectivity index (χ0) is 40.4. The lowest BCUT2D eigenvalue weighted by atomic mass is 9.80. The molecule has 1 aliphatic carbocycles. The molecule has 3 rings (SSSR count). The second-order valence-electron chi connectivity index (χ2n) is 13.4. The van der Waals surface area contributed by atoms with Crippen molar-refractivity contribution in [2.75, 3.05) is 38.7 Å². The number of nitrogens with zero attached hydrogens (tertiary/aromatic N) is 1. The molecule has 0 aromatic heterocycles. The van der Waals surface area contributed by atoms with Crippen LogP contribution in [0.5, 0.6) is 11.5 Å². The average Bonchev–Trinajstić information content (AvgIpc) is 3.40. The van der Waals surface area contributed by atoms with E-state index in [2.05, 4.69) is 10.6 Å². The number of amides is 4. The zero-order valence-electron chi connectivity index (χ0n) is 29.7. The number of rotatable bonds is 19. The smallest absolute Gasteiger partial charge is 0.311 e. The van der Waals surface area contributed by atoms with Crippen LogP contribution in [0.1, 0.15) is 39.2 Å². The summed E-state index contributed by atoms with van der Waals surface area (Å²) < 4.78 is 54.6. The zero-order valence-corrected chi connectivity index (χ0v) is 30.5. The van der Waals surface area contributed by atoms with E-state index in [0.717, 1.165) is 17.1 Å². The number of aliphatic hydroxyl groups is 3. The molecule has 0 radical (unpaired) electrons. The fourth-order valence-electron chi connectivity index (χ4n) is 5.15. The van der Waals surface area contributed by atoms with Gasteiger partial charge in [-0.15, -0.1) is 0 Å². The van der Waals surface area contributed by atoms with Gasteiger partial charge in [-0.2, -0.15) is 8.42 Å². The van der Waals surface area contributed by atoms with Crippen LogP contribution in [0.25, 0.3) is 0 Å². The van der Waals surface area contributed by atoms with Crippen LogP contribution in [0.4, 0.5) is 0 Å². The standard InChI is InChI=1S/C33H45N3O17S/c1-33(2,3)32(46)52-16-18-4-5-19(14-22(18)53-23-15-20(31(44)45)27(40)29(42)28(23)41)51-13-12-50-11-9-34-30(43)21(17-54(47,48)49)35-24(37)8-10-36-25(38)6-7-26(36)39/h4-7,14,20-21,23,27-29,40-42H,8-13,15-17H2,1-3H3,(H,34,43)(H,35,37)(H,44,45)(H,47,48,49)/t20-,21-,23+,27+,28-,29-/m0/s1. The van der Waals surface area contributed by atoms with Gasteiger partial charge in [0.2, 0.25) is 11.8 Å². The molecule has 54 heavy (non-hydrogen) atoms. The number of carboxylic acids is 1. The summed E-state index contributed by atoms with van der Waals surface area (Å²) in [6.45, 7) is 4.06. The number of aliphatic carboxylic acids is 1. The fraction of sp³-hybridized carbons (Fsp3) is 0.576. The molecule has 0 unspecified atom stereocenters. The van der Waals surface area contributed by atoms with Crippen LogP contribution in [-0.4, -0.2) is 143 Å². The topological polar surface area (TPSA) is 302 Å². The summed E-state index contributed by atoms with van der Waals surface area (Å²) in [5.41, 5.74) is -0.499. The lowest BCUT2D eigenvalue weighted by molar-refractivity contribution is -0.175. The number of nitrogens with one attached hydrogen (secondary N) is 2. The Bertz CT molecular complexity index is 1670. The van der Waals surface area contributed by atoms with Gasteiger partial charge in [0.05, 0.1) is 30.7 Å². The Morgan fingerprint density at radius 2 is 1.65 bits per heavy atom. The number of hydrogen-bond acceptors (Lipinski definition) is 15. The molecular weight excluding hydrogens is 742 g/mol. The number of carbonyl (C=O) groups excluding carboxylic acids is 5. The Kier molecular flexibility index (Phi) is 15.5. The quantitative estimate of drug-likeness (QED) is 0.0342. The van der Waals surface area contributed by atoms with Gasteiger partial charge in [-0.3, -0.25) is 38.2 Å². The van der Waals surface area contributed by atoms with E-state index in [0.29, 0.717) is 5.56 Å². The Morgan fingerprint density at radius 3 is 2.26 bits per heavy atom. The molecule has 0 spiro atoms. The highest BCUT2D eigenvalue weighted by molar-refractivity contribution is 7.85. The number of carboxylic acid groups (broad SMARTS) is 1. The molecule has 2 aliphatic rings. The molecule has 1 saturated carbocycles. The van der Waals surface area contributed by atoms with Crippen molar-refractivity contribution in [3.05, 3.63) is 35.9 Å². The van der Waals surface area contributed by atoms with Crippen molar-refractivity contribution >= 4 is 45.7 Å². The van der Waals surface area contributed by atoms with E-state index >= 15 is 0 Å². The van der Waals surface area contributed by atoms with Gasteiger partial charge in [-0.25, -0.2) is 0 Å². The van der Waals surface area contributed by atoms with Gasteiger partial charge in [0.25, 0.3) is 21.9 Å². The number of esters is 1. The third kappa shape index (κ3) is 13.0. The van der Waals surface area contributed by atoms with E-state index in [1.54, 1.807) is 20.8 Å². The van der Waals surface area contributed by atoms with Crippen molar-refractivity contribution < 1.29 is 81.1 Å². The molecule has 6 atom stereocenters. The molecule has 0 bridgehead atoms. The molecule has 20 nitrogen and oxygen atoms in total. The Balaban J connectivity index is 1.54. The highest BCUT2D eigenvalue weighted by atomic mass is 32.2. The lowest BCUT2D eigenvalue weighted by Gasteiger charge is -2.38. The summed E-state index contributed by atoms with van der Waals surface area (Å²) in [6, 6.07) is 2.72. The Hall–Kier alpha value is -4.67. The molecule has 7 N–H and O–H groups in total. The average molecular weight is 788 g/mol. The first kappa shape index (κ1) is 43.7. The summed E-state index contributed by atoms with van der Waals surface area (Å²) in [7, 11) is -4.71. The number of carbonyl (C=O) groups is 6. The molecule has 4 amide bonds. The Morgan fingerprint density at radius 1 is 0.981 bits per heavy atom. The van der Waals surface area contributed by atoms with Crippen LogP contribution in [0.3, 0.4) is 0 Å². The van der Waals surface area contributed by atoms with Crippen LogP contribution in [0.2, 0.25) is 0 Å². The molecule has 1 aromatic rings. The molecule has 1 fully saturated rings. The van der Waals surface area contributed by atoms with Gasteiger partial charge in [-0.1, -0.05) is 0 Å². The van der Waals surface area contributed by atoms with E-state index in [9.17, 15) is 62.2 Å². The van der Waals surface area contributed by atoms with Crippen LogP contribution in [0.15, 0.2) is 30.4 Å². The first-order valence-corrected chi connectivity index (χ1v) is 18.3. The molecule has 1 aliphatic heterocycles. The third-order valence-electron chi connectivity index (χ3n) is 8.12. The normalized spacial score (nSPS) is 22.1. The van der Waals surface area contributed by atoms with E-state index in [1.165, 1.54) is 18.2 Å². The molecule has 1 heterocycles. The van der Waals surface area contributed by atoms with Crippen molar-refractivity contribution in [2.45, 2.75) is 70.7 Å². The highest BCUT2D eigenvalue weighted by Crippen LogP contribution is 2.33. The first-order valence-electron chi connectivity index (χ1n) is 16.7. The van der Waals surface area contributed by atoms with E-state index in [-0.39, 0.29) is 57.4 Å². The largest absolute Gasteiger partial charge is 0.491 e. The number of ether oxygens (including phenoxy) is 4. The van der Waals surface area contributed by atoms with Gasteiger partial charge >= 0.3 is 11.9 Å². The molecule has 21 heteroatoms. The lowest BCUT2D eigenvalue weighted by Crippen LogP contribution is -2.57. The number of aliphatic hydroxyl groups excluding tert-OH is 3. The molecular formula is C33H45N3O17S. The van der Waals surface area contributed by atoms with Crippen molar-refractivity contribution in [1.82, 2.24) is 15.5 Å². The van der Waals surface area contributed by atoms with Gasteiger partial charge < -0.3 is 50.0 Å². The highest BCUT2D eigenvalue weighted by Gasteiger charge is 2.47. The summed E-state index contributed by atoms with van der Waals surface area (Å²) in [5.74, 6) is -7.33. The van der Waals surface area contributed by atoms with Crippen LogP contribution in [0, 0.1) is 11.3 Å². The number of hydrogen-bond donors (Lipinski definition) is 7. The van der Waals surface area contributed by atoms with Crippen LogP contribution >= 0.6 is 0 Å². The van der Waals surface area contributed by atoms with Gasteiger partial charge in [0.1, 0.15) is 54.8 Å². The van der Waals surface area contributed by atoms with Crippen molar-refractivity contribution in [2.24, 2.45) is 11.3 Å². The van der Waals surface area contributed by atoms with Crippen molar-refractivity contribution in [3.8, 4) is 11.5 Å². The van der Waals surface area contributed by atoms with Crippen molar-refractivity contribution in [1.29, 1.82) is 0 Å². The SMILES string of the molecule is CC(C)(C)C(=O)OCc1ccc(OCCOCCNC(=O)[C@H](CS(=O)(=O)O)NC(=O)CCN2C(=O)C=CC2=O)cc1O[C@@H]1C[C@H](C(=O)O)[C@@H](O)[C@H](O)[C@H]1O. The summed E-state index contributed by atoms with van der Waals surface area (Å²) in [6.07, 6.45) is -5.22. The fourth-order valence-corrected chi connectivity index (χ4v) is 5.80. The van der Waals surface area contributed by atoms with Crippen LogP contribution < -0.4 is 20.1 Å². The second-order valence-corrected chi connectivity index (χ2v) is 14.9. The second kappa shape index (κ2) is 19.1. The number of benzene rings is 1. The maximum Gasteiger partial charge on any atom is 0.311 e. The third-order valence-corrected chi connectivity index (χ3v) is 8.87. The summed E-state index contributed by atoms with van der Waals surface area (Å²) in [4.78, 5) is 73.1. The maximum absolute atomic E-state index is 12.6. The maximum atomic E-state index is 12.6. The van der Waals surface area contributed by atoms with Gasteiger partial charge in [0, 0.05) is 49.7 Å². The first-order chi connectivity index (χ1) is 25.2. The number of imide groups is 1. The molecule has 1 aromatic carbocycles. The van der Waals surface area contributed by atoms with Crippen LogP contribution in [-0.2, 0) is 55.0 Å². The monoisotopic (exact) mass is 787 g/mol. The molecule has 0 saturated heterocycles. The minimum absolute atomic E-state index is 0.0311. The predicted molar refractivity (Wildman–Crippen MR) is 182 cm³/mol. The van der Waals surface area contributed by atoms with Gasteiger partial charge in [0.15, 0.2) is 0 Å². The Labute approximate surface area is 310 Å².